The van der Waals surface area contributed by atoms with Crippen LogP contribution in [0.5, 0.6) is 5.75 Å². The van der Waals surface area contributed by atoms with Crippen molar-refractivity contribution in [1.82, 2.24) is 0 Å². The highest BCUT2D eigenvalue weighted by Crippen LogP contribution is 2.36. The monoisotopic (exact) mass is 367 g/mol. The molecule has 1 aromatic carbocycles. The van der Waals surface area contributed by atoms with E-state index in [0.717, 1.165) is 6.42 Å². The predicted molar refractivity (Wildman–Crippen MR) is 94.9 cm³/mol. The van der Waals surface area contributed by atoms with Gasteiger partial charge >= 0.3 is 11.9 Å². The first-order chi connectivity index (χ1) is 12.0. The van der Waals surface area contributed by atoms with Gasteiger partial charge in [0.2, 0.25) is 0 Å². The molecule has 0 unspecified atom stereocenters. The van der Waals surface area contributed by atoms with Gasteiger partial charge in [0.25, 0.3) is 0 Å². The Hall–Kier alpha value is -2.21. The molecule has 0 aliphatic carbocycles. The largest absolute Gasteiger partial charge is 0.486 e. The lowest BCUT2D eigenvalue weighted by Gasteiger charge is -2.34. The van der Waals surface area contributed by atoms with Crippen LogP contribution in [0.1, 0.15) is 27.2 Å². The first-order valence-electron chi connectivity index (χ1n) is 8.29. The second-order valence-electron chi connectivity index (χ2n) is 5.40. The second kappa shape index (κ2) is 8.76. The maximum Gasteiger partial charge on any atom is 0.347 e. The minimum atomic E-state index is -0.718. The second-order valence-corrected chi connectivity index (χ2v) is 5.83. The molecular formula is C18H22ClNO5. The van der Waals surface area contributed by atoms with Gasteiger partial charge in [-0.3, -0.25) is 0 Å². The topological polar surface area (TPSA) is 65.1 Å². The third kappa shape index (κ3) is 4.66. The predicted octanol–water partition coefficient (Wildman–Crippen LogP) is 3.33. The van der Waals surface area contributed by atoms with Crippen LogP contribution in [0.25, 0.3) is 0 Å². The van der Waals surface area contributed by atoms with Crippen molar-refractivity contribution in [2.75, 3.05) is 24.7 Å². The van der Waals surface area contributed by atoms with Gasteiger partial charge in [0.05, 0.1) is 25.4 Å². The molecule has 0 spiro atoms. The van der Waals surface area contributed by atoms with Crippen molar-refractivity contribution in [3.8, 4) is 5.75 Å². The summed E-state index contributed by atoms with van der Waals surface area (Å²) < 4.78 is 15.9. The lowest BCUT2D eigenvalue weighted by Crippen LogP contribution is -2.37. The number of carbonyl (C=O) groups excluding carboxylic acids is 2. The summed E-state index contributed by atoms with van der Waals surface area (Å²) in [5.74, 6) is -0.793. The van der Waals surface area contributed by atoms with Gasteiger partial charge < -0.3 is 19.1 Å². The number of hydrogen-bond donors (Lipinski definition) is 0. The number of hydrogen-bond acceptors (Lipinski definition) is 6. The average Bonchev–Trinajstić information content (AvgIpc) is 2.59. The summed E-state index contributed by atoms with van der Waals surface area (Å²) in [6.45, 7) is 6.17. The Morgan fingerprint density at radius 1 is 1.24 bits per heavy atom. The maximum absolute atomic E-state index is 12.2. The highest BCUT2D eigenvalue weighted by molar-refractivity contribution is 6.31. The van der Waals surface area contributed by atoms with Gasteiger partial charge in [-0.25, -0.2) is 9.59 Å². The summed E-state index contributed by atoms with van der Waals surface area (Å²) in [5.41, 5.74) is 0.523. The van der Waals surface area contributed by atoms with E-state index in [1.54, 1.807) is 36.9 Å². The van der Waals surface area contributed by atoms with E-state index in [-0.39, 0.29) is 24.9 Å². The van der Waals surface area contributed by atoms with Crippen LogP contribution in [0.2, 0.25) is 5.02 Å². The number of nitrogens with zero attached hydrogens (tertiary/aromatic N) is 1. The summed E-state index contributed by atoms with van der Waals surface area (Å²) in [4.78, 5) is 26.2. The quantitative estimate of drug-likeness (QED) is 0.332. The molecule has 0 N–H and O–H groups in total. The molecule has 1 aliphatic rings. The number of ether oxygens (including phenoxy) is 3. The zero-order valence-electron chi connectivity index (χ0n) is 14.6. The SMILES string of the molecule is CCOC(=O)C(=CN1C[C@@H](CC)Oc2ccc(Cl)cc21)C(=O)OCC. The third-order valence-corrected chi connectivity index (χ3v) is 3.89. The molecule has 0 radical (unpaired) electrons. The van der Waals surface area contributed by atoms with Gasteiger partial charge in [-0.05, 0) is 38.5 Å². The summed E-state index contributed by atoms with van der Waals surface area (Å²) in [6.07, 6.45) is 2.16. The Morgan fingerprint density at radius 3 is 2.44 bits per heavy atom. The maximum atomic E-state index is 12.2. The van der Waals surface area contributed by atoms with Gasteiger partial charge in [0, 0.05) is 11.2 Å². The van der Waals surface area contributed by atoms with Gasteiger partial charge in [-0.2, -0.15) is 0 Å². The molecule has 2 rings (SSSR count). The van der Waals surface area contributed by atoms with Crippen molar-refractivity contribution in [3.05, 3.63) is 35.0 Å². The van der Waals surface area contributed by atoms with Crippen molar-refractivity contribution in [2.45, 2.75) is 33.3 Å². The molecular weight excluding hydrogens is 346 g/mol. The number of halogens is 1. The van der Waals surface area contributed by atoms with Crippen LogP contribution in [0.3, 0.4) is 0 Å². The molecule has 1 aliphatic heterocycles. The normalized spacial score (nSPS) is 15.7. The fourth-order valence-corrected chi connectivity index (χ4v) is 2.61. The molecule has 136 valence electrons. The lowest BCUT2D eigenvalue weighted by molar-refractivity contribution is -0.146. The van der Waals surface area contributed by atoms with Gasteiger partial charge in [-0.15, -0.1) is 0 Å². The van der Waals surface area contributed by atoms with Crippen LogP contribution < -0.4 is 9.64 Å². The molecule has 25 heavy (non-hydrogen) atoms. The van der Waals surface area contributed by atoms with Crippen molar-refractivity contribution < 1.29 is 23.8 Å². The van der Waals surface area contributed by atoms with Crippen LogP contribution in [0, 0.1) is 0 Å². The molecule has 0 fully saturated rings. The van der Waals surface area contributed by atoms with E-state index in [9.17, 15) is 9.59 Å². The van der Waals surface area contributed by atoms with Gasteiger partial charge in [-0.1, -0.05) is 18.5 Å². The molecule has 0 saturated heterocycles. The lowest BCUT2D eigenvalue weighted by atomic mass is 10.1. The van der Waals surface area contributed by atoms with E-state index in [2.05, 4.69) is 0 Å². The Labute approximate surface area is 152 Å². The summed E-state index contributed by atoms with van der Waals surface area (Å²) in [5, 5.41) is 0.532. The van der Waals surface area contributed by atoms with Crippen LogP contribution in [0.15, 0.2) is 30.0 Å². The van der Waals surface area contributed by atoms with Crippen molar-refractivity contribution in [1.29, 1.82) is 0 Å². The highest BCUT2D eigenvalue weighted by atomic mass is 35.5. The zero-order valence-corrected chi connectivity index (χ0v) is 15.3. The smallest absolute Gasteiger partial charge is 0.347 e. The minimum Gasteiger partial charge on any atom is -0.486 e. The fraction of sp³-hybridized carbons (Fsp3) is 0.444. The molecule has 1 atom stereocenters. The zero-order chi connectivity index (χ0) is 18.4. The molecule has 0 amide bonds. The first-order valence-corrected chi connectivity index (χ1v) is 8.66. The number of benzene rings is 1. The molecule has 0 bridgehead atoms. The molecule has 1 aromatic rings. The Morgan fingerprint density at radius 2 is 1.88 bits per heavy atom. The number of rotatable bonds is 6. The molecule has 7 heteroatoms. The number of carbonyl (C=O) groups is 2. The van der Waals surface area contributed by atoms with E-state index in [1.807, 2.05) is 6.92 Å². The van der Waals surface area contributed by atoms with Crippen LogP contribution in [-0.2, 0) is 19.1 Å². The number of anilines is 1. The molecule has 0 aromatic heterocycles. The van der Waals surface area contributed by atoms with E-state index in [4.69, 9.17) is 25.8 Å². The average molecular weight is 368 g/mol. The van der Waals surface area contributed by atoms with Crippen LogP contribution >= 0.6 is 11.6 Å². The fourth-order valence-electron chi connectivity index (χ4n) is 2.45. The summed E-state index contributed by atoms with van der Waals surface area (Å²) >= 11 is 6.09. The number of fused-ring (bicyclic) bond motifs is 1. The van der Waals surface area contributed by atoms with Gasteiger partial charge in [0.1, 0.15) is 11.9 Å². The Balaban J connectivity index is 2.44. The highest BCUT2D eigenvalue weighted by Gasteiger charge is 2.28. The van der Waals surface area contributed by atoms with Crippen LogP contribution in [-0.4, -0.2) is 37.8 Å². The van der Waals surface area contributed by atoms with Crippen molar-refractivity contribution in [3.63, 3.8) is 0 Å². The van der Waals surface area contributed by atoms with Crippen molar-refractivity contribution in [2.24, 2.45) is 0 Å². The molecule has 1 heterocycles. The van der Waals surface area contributed by atoms with E-state index in [0.29, 0.717) is 23.0 Å². The summed E-state index contributed by atoms with van der Waals surface area (Å²) in [7, 11) is 0. The summed E-state index contributed by atoms with van der Waals surface area (Å²) in [6, 6.07) is 5.24. The first kappa shape index (κ1) is 19.1. The standard InChI is InChI=1S/C18H22ClNO5/c1-4-13-10-20(15-9-12(19)7-8-16(15)25-13)11-14(17(21)23-5-2)18(22)24-6-3/h7-9,11,13H,4-6,10H2,1-3H3/t13-/m1/s1. The Bertz CT molecular complexity index is 653. The Kier molecular flexibility index (Phi) is 6.70. The van der Waals surface area contributed by atoms with E-state index in [1.165, 1.54) is 6.20 Å². The van der Waals surface area contributed by atoms with Crippen LogP contribution in [0.4, 0.5) is 5.69 Å². The van der Waals surface area contributed by atoms with Gasteiger partial charge in [0.15, 0.2) is 5.57 Å². The van der Waals surface area contributed by atoms with E-state index < -0.39 is 11.9 Å². The van der Waals surface area contributed by atoms with Crippen molar-refractivity contribution >= 4 is 29.2 Å². The third-order valence-electron chi connectivity index (χ3n) is 3.66. The minimum absolute atomic E-state index is 0.0735. The molecule has 0 saturated carbocycles. The molecule has 6 nitrogen and oxygen atoms in total. The number of esters is 2. The van der Waals surface area contributed by atoms with E-state index >= 15 is 0 Å².